The van der Waals surface area contributed by atoms with Gasteiger partial charge in [0.1, 0.15) is 5.75 Å². The average Bonchev–Trinajstić information content (AvgIpc) is 2.41. The number of aliphatic hydroxyl groups excluding tert-OH is 1. The lowest BCUT2D eigenvalue weighted by atomic mass is 10.0. The summed E-state index contributed by atoms with van der Waals surface area (Å²) < 4.78 is 6.15. The van der Waals surface area contributed by atoms with Crippen LogP contribution in [0.1, 0.15) is 22.9 Å². The quantitative estimate of drug-likeness (QED) is 0.938. The van der Waals surface area contributed by atoms with Crippen LogP contribution in [0.5, 0.6) is 5.75 Å². The predicted molar refractivity (Wildman–Crippen MR) is 78.3 cm³/mol. The van der Waals surface area contributed by atoms with Crippen LogP contribution in [0.25, 0.3) is 0 Å². The van der Waals surface area contributed by atoms with Gasteiger partial charge in [0.15, 0.2) is 0 Å². The van der Waals surface area contributed by atoms with Crippen molar-refractivity contribution in [1.29, 1.82) is 0 Å². The van der Waals surface area contributed by atoms with Crippen LogP contribution < -0.4 is 4.74 Å². The largest absolute Gasteiger partial charge is 0.496 e. The Balaban J connectivity index is 2.13. The smallest absolute Gasteiger partial charge is 0.121 e. The van der Waals surface area contributed by atoms with Crippen molar-refractivity contribution in [3.63, 3.8) is 0 Å². The van der Waals surface area contributed by atoms with Crippen molar-refractivity contribution in [2.75, 3.05) is 7.11 Å². The van der Waals surface area contributed by atoms with Crippen molar-refractivity contribution in [3.05, 3.63) is 57.8 Å². The van der Waals surface area contributed by atoms with Gasteiger partial charge >= 0.3 is 0 Å². The molecular formula is C15H16BrNO2. The van der Waals surface area contributed by atoms with Gasteiger partial charge in [0.2, 0.25) is 0 Å². The molecule has 0 bridgehead atoms. The van der Waals surface area contributed by atoms with Crippen molar-refractivity contribution in [2.24, 2.45) is 0 Å². The lowest BCUT2D eigenvalue weighted by molar-refractivity contribution is 0.177. The zero-order chi connectivity index (χ0) is 13.8. The molecule has 0 amide bonds. The van der Waals surface area contributed by atoms with Gasteiger partial charge in [-0.25, -0.2) is 0 Å². The number of hydrogen-bond acceptors (Lipinski definition) is 3. The second kappa shape index (κ2) is 6.17. The van der Waals surface area contributed by atoms with Crippen LogP contribution in [-0.4, -0.2) is 17.2 Å². The van der Waals surface area contributed by atoms with Gasteiger partial charge in [0.25, 0.3) is 0 Å². The van der Waals surface area contributed by atoms with Crippen molar-refractivity contribution in [3.8, 4) is 5.75 Å². The van der Waals surface area contributed by atoms with Gasteiger partial charge in [0, 0.05) is 22.8 Å². The highest BCUT2D eigenvalue weighted by Gasteiger charge is 2.11. The van der Waals surface area contributed by atoms with Gasteiger partial charge in [-0.3, -0.25) is 4.98 Å². The summed E-state index contributed by atoms with van der Waals surface area (Å²) in [7, 11) is 1.64. The molecule has 0 aliphatic carbocycles. The Morgan fingerprint density at radius 2 is 2.11 bits per heavy atom. The van der Waals surface area contributed by atoms with Crippen LogP contribution in [-0.2, 0) is 6.42 Å². The summed E-state index contributed by atoms with van der Waals surface area (Å²) >= 11 is 3.34. The minimum atomic E-state index is -0.557. The van der Waals surface area contributed by atoms with Crippen molar-refractivity contribution >= 4 is 15.9 Å². The second-order valence-corrected chi connectivity index (χ2v) is 5.33. The zero-order valence-electron chi connectivity index (χ0n) is 10.9. The Morgan fingerprint density at radius 3 is 2.68 bits per heavy atom. The number of aryl methyl sites for hydroxylation is 1. The standard InChI is InChI=1S/C15H16BrNO2/c1-10-7-11(3-6-15(10)19-2)14(18)8-13-5-4-12(16)9-17-13/h3-7,9,14,18H,8H2,1-2H3. The van der Waals surface area contributed by atoms with E-state index in [2.05, 4.69) is 20.9 Å². The normalized spacial score (nSPS) is 12.2. The number of benzene rings is 1. The number of pyridine rings is 1. The van der Waals surface area contributed by atoms with Crippen LogP contribution in [0.2, 0.25) is 0 Å². The molecule has 0 spiro atoms. The number of halogens is 1. The Morgan fingerprint density at radius 1 is 1.32 bits per heavy atom. The van der Waals surface area contributed by atoms with Crippen LogP contribution >= 0.6 is 15.9 Å². The first-order chi connectivity index (χ1) is 9.10. The first-order valence-electron chi connectivity index (χ1n) is 6.03. The number of hydrogen-bond donors (Lipinski definition) is 1. The molecule has 0 saturated heterocycles. The first-order valence-corrected chi connectivity index (χ1v) is 6.82. The van der Waals surface area contributed by atoms with E-state index in [1.165, 1.54) is 0 Å². The molecule has 3 nitrogen and oxygen atoms in total. The van der Waals surface area contributed by atoms with Gasteiger partial charge in [-0.15, -0.1) is 0 Å². The SMILES string of the molecule is COc1ccc(C(O)Cc2ccc(Br)cn2)cc1C. The van der Waals surface area contributed by atoms with Crippen LogP contribution in [0, 0.1) is 6.92 Å². The summed E-state index contributed by atoms with van der Waals surface area (Å²) in [6, 6.07) is 9.54. The molecule has 19 heavy (non-hydrogen) atoms. The van der Waals surface area contributed by atoms with E-state index in [0.29, 0.717) is 6.42 Å². The third-order valence-corrected chi connectivity index (χ3v) is 3.46. The fourth-order valence-electron chi connectivity index (χ4n) is 1.95. The highest BCUT2D eigenvalue weighted by Crippen LogP contribution is 2.24. The molecule has 0 saturated carbocycles. The Bertz CT molecular complexity index is 555. The summed E-state index contributed by atoms with van der Waals surface area (Å²) in [5.41, 5.74) is 2.76. The summed E-state index contributed by atoms with van der Waals surface area (Å²) in [5, 5.41) is 10.2. The highest BCUT2D eigenvalue weighted by atomic mass is 79.9. The van der Waals surface area contributed by atoms with Gasteiger partial charge < -0.3 is 9.84 Å². The summed E-state index contributed by atoms with van der Waals surface area (Å²) in [6.07, 6.45) is 1.68. The Labute approximate surface area is 121 Å². The van der Waals surface area contributed by atoms with E-state index in [1.54, 1.807) is 13.3 Å². The number of nitrogens with zero attached hydrogens (tertiary/aromatic N) is 1. The van der Waals surface area contributed by atoms with Crippen LogP contribution in [0.4, 0.5) is 0 Å². The van der Waals surface area contributed by atoms with Crippen LogP contribution in [0.3, 0.4) is 0 Å². The molecule has 1 aromatic heterocycles. The van der Waals surface area contributed by atoms with Crippen molar-refractivity contribution in [1.82, 2.24) is 4.98 Å². The topological polar surface area (TPSA) is 42.4 Å². The van der Waals surface area contributed by atoms with E-state index in [4.69, 9.17) is 4.74 Å². The highest BCUT2D eigenvalue weighted by molar-refractivity contribution is 9.10. The van der Waals surface area contributed by atoms with E-state index in [-0.39, 0.29) is 0 Å². The molecule has 1 atom stereocenters. The number of aromatic nitrogens is 1. The van der Waals surface area contributed by atoms with Crippen molar-refractivity contribution < 1.29 is 9.84 Å². The third kappa shape index (κ3) is 3.55. The number of rotatable bonds is 4. The van der Waals surface area contributed by atoms with E-state index < -0.39 is 6.10 Å². The minimum Gasteiger partial charge on any atom is -0.496 e. The van der Waals surface area contributed by atoms with E-state index >= 15 is 0 Å². The minimum absolute atomic E-state index is 0.499. The van der Waals surface area contributed by atoms with Gasteiger partial charge in [0.05, 0.1) is 13.2 Å². The van der Waals surface area contributed by atoms with Crippen LogP contribution in [0.15, 0.2) is 41.0 Å². The molecule has 1 unspecified atom stereocenters. The molecule has 2 aromatic rings. The Hall–Kier alpha value is -1.39. The second-order valence-electron chi connectivity index (χ2n) is 4.42. The lowest BCUT2D eigenvalue weighted by Crippen LogP contribution is -2.04. The molecule has 2 rings (SSSR count). The molecule has 100 valence electrons. The number of ether oxygens (including phenoxy) is 1. The fraction of sp³-hybridized carbons (Fsp3) is 0.267. The van der Waals surface area contributed by atoms with Gasteiger partial charge in [-0.05, 0) is 58.2 Å². The maximum absolute atomic E-state index is 10.2. The molecule has 1 aromatic carbocycles. The maximum atomic E-state index is 10.2. The van der Waals surface area contributed by atoms with E-state index in [9.17, 15) is 5.11 Å². The Kier molecular flexibility index (Phi) is 4.56. The van der Waals surface area contributed by atoms with Crippen molar-refractivity contribution in [2.45, 2.75) is 19.4 Å². The van der Waals surface area contributed by atoms with E-state index in [0.717, 1.165) is 27.0 Å². The monoisotopic (exact) mass is 321 g/mol. The summed E-state index contributed by atoms with van der Waals surface area (Å²) in [4.78, 5) is 4.27. The fourth-order valence-corrected chi connectivity index (χ4v) is 2.19. The van der Waals surface area contributed by atoms with E-state index in [1.807, 2.05) is 37.3 Å². The predicted octanol–water partition coefficient (Wildman–Crippen LogP) is 3.44. The molecule has 0 aliphatic heterocycles. The summed E-state index contributed by atoms with van der Waals surface area (Å²) in [5.74, 6) is 0.831. The molecular weight excluding hydrogens is 306 g/mol. The number of methoxy groups -OCH3 is 1. The molecule has 0 aliphatic rings. The molecule has 0 fully saturated rings. The average molecular weight is 322 g/mol. The molecule has 4 heteroatoms. The molecule has 0 radical (unpaired) electrons. The maximum Gasteiger partial charge on any atom is 0.121 e. The molecule has 1 N–H and O–H groups in total. The molecule has 1 heterocycles. The number of aliphatic hydroxyl groups is 1. The lowest BCUT2D eigenvalue weighted by Gasteiger charge is -2.13. The third-order valence-electron chi connectivity index (χ3n) is 2.99. The first kappa shape index (κ1) is 14.0. The van der Waals surface area contributed by atoms with Gasteiger partial charge in [-0.2, -0.15) is 0 Å². The zero-order valence-corrected chi connectivity index (χ0v) is 12.5. The van der Waals surface area contributed by atoms with Gasteiger partial charge in [-0.1, -0.05) is 6.07 Å². The summed E-state index contributed by atoms with van der Waals surface area (Å²) in [6.45, 7) is 1.97.